The zero-order valence-electron chi connectivity index (χ0n) is 10.5. The van der Waals surface area contributed by atoms with Crippen molar-refractivity contribution in [3.63, 3.8) is 0 Å². The van der Waals surface area contributed by atoms with Gasteiger partial charge in [-0.25, -0.2) is 9.97 Å². The summed E-state index contributed by atoms with van der Waals surface area (Å²) in [5, 5.41) is 0. The number of fused-ring (bicyclic) bond motifs is 1. The normalized spacial score (nSPS) is 9.89. The molecule has 0 aliphatic heterocycles. The van der Waals surface area contributed by atoms with Crippen molar-refractivity contribution in [1.82, 2.24) is 14.4 Å². The first-order chi connectivity index (χ1) is 8.84. The molecule has 2 N–H and O–H groups in total. The third-order valence-corrected chi connectivity index (χ3v) is 2.47. The van der Waals surface area contributed by atoms with Gasteiger partial charge in [-0.3, -0.25) is 4.40 Å². The van der Waals surface area contributed by atoms with Gasteiger partial charge in [0.25, 0.3) is 0 Å². The van der Waals surface area contributed by atoms with E-state index >= 15 is 0 Å². The second-order valence-electron chi connectivity index (χ2n) is 3.56. The van der Waals surface area contributed by atoms with Crippen molar-refractivity contribution in [2.24, 2.45) is 0 Å². The number of anilines is 1. The van der Waals surface area contributed by atoms with Gasteiger partial charge in [-0.05, 0) is 18.2 Å². The van der Waals surface area contributed by atoms with Gasteiger partial charge in [0.05, 0.1) is 11.9 Å². The topological polar surface area (TPSA) is 56.2 Å². The average Bonchev–Trinajstić information content (AvgIpc) is 2.85. The highest BCUT2D eigenvalue weighted by Crippen LogP contribution is 2.21. The third kappa shape index (κ3) is 2.18. The number of rotatable bonds is 1. The Morgan fingerprint density at radius 3 is 2.72 bits per heavy atom. The molecule has 4 heteroatoms. The summed E-state index contributed by atoms with van der Waals surface area (Å²) in [6, 6.07) is 9.61. The molecule has 0 aliphatic rings. The van der Waals surface area contributed by atoms with Gasteiger partial charge in [-0.1, -0.05) is 26.0 Å². The SMILES string of the molecule is CC.Nc1cccc(-c2cnc3ncccn23)c1. The Morgan fingerprint density at radius 2 is 1.94 bits per heavy atom. The molecular formula is C14H16N4. The van der Waals surface area contributed by atoms with Crippen LogP contribution in [0.1, 0.15) is 13.8 Å². The summed E-state index contributed by atoms with van der Waals surface area (Å²) >= 11 is 0. The van der Waals surface area contributed by atoms with Crippen LogP contribution < -0.4 is 5.73 Å². The quantitative estimate of drug-likeness (QED) is 0.665. The molecule has 92 valence electrons. The van der Waals surface area contributed by atoms with Gasteiger partial charge in [0.2, 0.25) is 5.78 Å². The molecule has 0 aliphatic carbocycles. The van der Waals surface area contributed by atoms with Crippen LogP contribution in [0.15, 0.2) is 48.9 Å². The van der Waals surface area contributed by atoms with Crippen LogP contribution in [-0.4, -0.2) is 14.4 Å². The fourth-order valence-corrected chi connectivity index (χ4v) is 1.74. The number of nitrogen functional groups attached to an aromatic ring is 1. The molecule has 0 radical (unpaired) electrons. The molecule has 2 heterocycles. The number of benzene rings is 1. The first-order valence-electron chi connectivity index (χ1n) is 5.98. The first kappa shape index (κ1) is 12.1. The van der Waals surface area contributed by atoms with Crippen molar-refractivity contribution in [3.05, 3.63) is 48.9 Å². The van der Waals surface area contributed by atoms with E-state index in [2.05, 4.69) is 9.97 Å². The van der Waals surface area contributed by atoms with Crippen LogP contribution in [0.5, 0.6) is 0 Å². The van der Waals surface area contributed by atoms with E-state index < -0.39 is 0 Å². The number of nitrogens with zero attached hydrogens (tertiary/aromatic N) is 3. The Labute approximate surface area is 106 Å². The molecule has 3 aromatic rings. The van der Waals surface area contributed by atoms with Crippen LogP contribution in [0.3, 0.4) is 0 Å². The maximum Gasteiger partial charge on any atom is 0.234 e. The van der Waals surface area contributed by atoms with Crippen LogP contribution >= 0.6 is 0 Å². The second kappa shape index (κ2) is 5.31. The number of hydrogen-bond donors (Lipinski definition) is 1. The molecule has 0 saturated heterocycles. The molecule has 0 bridgehead atoms. The molecule has 0 saturated carbocycles. The lowest BCUT2D eigenvalue weighted by Crippen LogP contribution is -1.90. The van der Waals surface area contributed by atoms with E-state index in [1.807, 2.05) is 54.8 Å². The monoisotopic (exact) mass is 240 g/mol. The molecule has 0 amide bonds. The van der Waals surface area contributed by atoms with Gasteiger partial charge in [0, 0.05) is 23.6 Å². The fourth-order valence-electron chi connectivity index (χ4n) is 1.74. The fraction of sp³-hybridized carbons (Fsp3) is 0.143. The summed E-state index contributed by atoms with van der Waals surface area (Å²) in [4.78, 5) is 8.41. The summed E-state index contributed by atoms with van der Waals surface area (Å²) in [6.07, 6.45) is 5.47. The molecule has 2 aromatic heterocycles. The van der Waals surface area contributed by atoms with Gasteiger partial charge in [-0.15, -0.1) is 0 Å². The number of aromatic nitrogens is 3. The third-order valence-electron chi connectivity index (χ3n) is 2.47. The smallest absolute Gasteiger partial charge is 0.234 e. The number of hydrogen-bond acceptors (Lipinski definition) is 3. The van der Waals surface area contributed by atoms with Gasteiger partial charge >= 0.3 is 0 Å². The minimum Gasteiger partial charge on any atom is -0.399 e. The van der Waals surface area contributed by atoms with E-state index in [1.165, 1.54) is 0 Å². The molecule has 0 unspecified atom stereocenters. The van der Waals surface area contributed by atoms with Crippen molar-refractivity contribution in [1.29, 1.82) is 0 Å². The van der Waals surface area contributed by atoms with Crippen molar-refractivity contribution in [3.8, 4) is 11.3 Å². The van der Waals surface area contributed by atoms with Crippen molar-refractivity contribution < 1.29 is 0 Å². The predicted octanol–water partition coefficient (Wildman–Crippen LogP) is 3.00. The summed E-state index contributed by atoms with van der Waals surface area (Å²) in [5.41, 5.74) is 8.55. The molecule has 3 rings (SSSR count). The molecule has 1 aromatic carbocycles. The Balaban J connectivity index is 0.000000574. The van der Waals surface area contributed by atoms with E-state index in [1.54, 1.807) is 12.4 Å². The number of nitrogens with two attached hydrogens (primary N) is 1. The second-order valence-corrected chi connectivity index (χ2v) is 3.56. The average molecular weight is 240 g/mol. The zero-order chi connectivity index (χ0) is 13.0. The lowest BCUT2D eigenvalue weighted by molar-refractivity contribution is 1.11. The molecule has 4 nitrogen and oxygen atoms in total. The van der Waals surface area contributed by atoms with Crippen LogP contribution in [0.4, 0.5) is 5.69 Å². The Hall–Kier alpha value is -2.36. The lowest BCUT2D eigenvalue weighted by atomic mass is 10.1. The van der Waals surface area contributed by atoms with Crippen LogP contribution in [-0.2, 0) is 0 Å². The predicted molar refractivity (Wildman–Crippen MR) is 74.2 cm³/mol. The molecular weight excluding hydrogens is 224 g/mol. The summed E-state index contributed by atoms with van der Waals surface area (Å²) < 4.78 is 1.94. The van der Waals surface area contributed by atoms with Gasteiger partial charge in [-0.2, -0.15) is 0 Å². The highest BCUT2D eigenvalue weighted by molar-refractivity contribution is 5.66. The largest absolute Gasteiger partial charge is 0.399 e. The van der Waals surface area contributed by atoms with Gasteiger partial charge in [0.15, 0.2) is 0 Å². The van der Waals surface area contributed by atoms with E-state index in [0.717, 1.165) is 16.9 Å². The molecule has 18 heavy (non-hydrogen) atoms. The lowest BCUT2D eigenvalue weighted by Gasteiger charge is -2.01. The minimum atomic E-state index is 0.694. The highest BCUT2D eigenvalue weighted by Gasteiger charge is 2.05. The number of imidazole rings is 1. The highest BCUT2D eigenvalue weighted by atomic mass is 15.1. The van der Waals surface area contributed by atoms with E-state index in [4.69, 9.17) is 5.73 Å². The summed E-state index contributed by atoms with van der Waals surface area (Å²) in [7, 11) is 0. The van der Waals surface area contributed by atoms with Crippen LogP contribution in [0, 0.1) is 0 Å². The van der Waals surface area contributed by atoms with Crippen LogP contribution in [0.25, 0.3) is 17.0 Å². The standard InChI is InChI=1S/C12H10N4.C2H6/c13-10-4-1-3-9(7-10)11-8-15-12-14-5-2-6-16(11)12;1-2/h1-8H,13H2;1-2H3. The maximum absolute atomic E-state index is 5.76. The van der Waals surface area contributed by atoms with Crippen molar-refractivity contribution >= 4 is 11.5 Å². The Bertz CT molecular complexity index is 643. The molecule has 0 fully saturated rings. The van der Waals surface area contributed by atoms with Crippen LogP contribution in [0.2, 0.25) is 0 Å². The Morgan fingerprint density at radius 1 is 1.11 bits per heavy atom. The van der Waals surface area contributed by atoms with E-state index in [0.29, 0.717) is 5.78 Å². The van der Waals surface area contributed by atoms with Gasteiger partial charge in [0.1, 0.15) is 0 Å². The zero-order valence-corrected chi connectivity index (χ0v) is 10.5. The van der Waals surface area contributed by atoms with Gasteiger partial charge < -0.3 is 5.73 Å². The summed E-state index contributed by atoms with van der Waals surface area (Å²) in [6.45, 7) is 4.00. The van der Waals surface area contributed by atoms with E-state index in [-0.39, 0.29) is 0 Å². The minimum absolute atomic E-state index is 0.694. The van der Waals surface area contributed by atoms with Crippen molar-refractivity contribution in [2.75, 3.05) is 5.73 Å². The van der Waals surface area contributed by atoms with E-state index in [9.17, 15) is 0 Å². The Kier molecular flexibility index (Phi) is 3.57. The van der Waals surface area contributed by atoms with Crippen molar-refractivity contribution in [2.45, 2.75) is 13.8 Å². The maximum atomic E-state index is 5.76. The first-order valence-corrected chi connectivity index (χ1v) is 5.98. The molecule has 0 spiro atoms. The molecule has 0 atom stereocenters. The summed E-state index contributed by atoms with van der Waals surface area (Å²) in [5.74, 6) is 0.694.